The number of hydroxylamine groups is 1. The first-order valence-corrected chi connectivity index (χ1v) is 10.7. The Labute approximate surface area is 165 Å². The number of halogens is 1. The monoisotopic (exact) mass is 388 g/mol. The van der Waals surface area contributed by atoms with E-state index in [1.165, 1.54) is 25.3 Å². The Bertz CT molecular complexity index is 761. The van der Waals surface area contributed by atoms with Crippen molar-refractivity contribution in [2.45, 2.75) is 76.2 Å². The average Bonchev–Trinajstić information content (AvgIpc) is 2.65. The maximum absolute atomic E-state index is 14.7. The largest absolute Gasteiger partial charge is 0.370 e. The van der Waals surface area contributed by atoms with Crippen LogP contribution >= 0.6 is 0 Å². The van der Waals surface area contributed by atoms with E-state index in [1.807, 2.05) is 0 Å². The molecule has 5 aliphatic rings. The number of carbonyl (C=O) groups is 1. The molecule has 2 unspecified atom stereocenters. The van der Waals surface area contributed by atoms with E-state index in [0.29, 0.717) is 24.6 Å². The van der Waals surface area contributed by atoms with Crippen molar-refractivity contribution in [2.24, 2.45) is 11.8 Å². The molecule has 2 aliphatic carbocycles. The molecule has 1 aromatic rings. The number of amides is 1. The lowest BCUT2D eigenvalue weighted by Gasteiger charge is -2.58. The molecule has 2 saturated heterocycles. The topological polar surface area (TPSA) is 61.8 Å². The molecule has 0 aromatic heterocycles. The maximum Gasteiger partial charge on any atom is 0.274 e. The lowest BCUT2D eigenvalue weighted by Crippen LogP contribution is -2.60. The van der Waals surface area contributed by atoms with E-state index in [4.69, 9.17) is 9.94 Å². The van der Waals surface area contributed by atoms with E-state index < -0.39 is 5.91 Å². The Morgan fingerprint density at radius 2 is 2.07 bits per heavy atom. The zero-order chi connectivity index (χ0) is 19.5. The first kappa shape index (κ1) is 18.5. The van der Waals surface area contributed by atoms with Crippen molar-refractivity contribution in [3.63, 3.8) is 0 Å². The van der Waals surface area contributed by atoms with Gasteiger partial charge < -0.3 is 4.74 Å². The summed E-state index contributed by atoms with van der Waals surface area (Å²) >= 11 is 0. The molecule has 4 bridgehead atoms. The number of fused-ring (bicyclic) bond motifs is 1. The van der Waals surface area contributed by atoms with Gasteiger partial charge in [0.05, 0.1) is 11.7 Å². The van der Waals surface area contributed by atoms with Crippen molar-refractivity contribution in [3.05, 3.63) is 34.6 Å². The summed E-state index contributed by atoms with van der Waals surface area (Å²) in [6.45, 7) is 3.68. The molecule has 0 spiro atoms. The van der Waals surface area contributed by atoms with Crippen LogP contribution in [-0.2, 0) is 17.7 Å². The van der Waals surface area contributed by atoms with E-state index in [1.54, 1.807) is 11.5 Å². The van der Waals surface area contributed by atoms with E-state index >= 15 is 0 Å². The van der Waals surface area contributed by atoms with Gasteiger partial charge in [-0.25, -0.2) is 9.87 Å². The van der Waals surface area contributed by atoms with Gasteiger partial charge in [0.25, 0.3) is 5.91 Å². The van der Waals surface area contributed by atoms with E-state index in [2.05, 4.69) is 11.8 Å². The highest BCUT2D eigenvalue weighted by atomic mass is 19.1. The Morgan fingerprint density at radius 3 is 2.71 bits per heavy atom. The van der Waals surface area contributed by atoms with Crippen LogP contribution in [-0.4, -0.2) is 40.3 Å². The van der Waals surface area contributed by atoms with Gasteiger partial charge in [0.2, 0.25) is 0 Å². The van der Waals surface area contributed by atoms with Crippen LogP contribution in [0.4, 0.5) is 4.39 Å². The van der Waals surface area contributed by atoms with Crippen LogP contribution in [0.5, 0.6) is 0 Å². The molecule has 2 N–H and O–H groups in total. The summed E-state index contributed by atoms with van der Waals surface area (Å²) in [4.78, 5) is 14.2. The van der Waals surface area contributed by atoms with Crippen molar-refractivity contribution < 1.29 is 19.1 Å². The van der Waals surface area contributed by atoms with Gasteiger partial charge in [-0.1, -0.05) is 6.92 Å². The fourth-order valence-electron chi connectivity index (χ4n) is 6.61. The summed E-state index contributed by atoms with van der Waals surface area (Å²) in [5.74, 6) is 0.594. The van der Waals surface area contributed by atoms with Gasteiger partial charge in [-0.3, -0.25) is 14.9 Å². The fraction of sp³-hybridized carbons (Fsp3) is 0.682. The van der Waals surface area contributed by atoms with E-state index in [-0.39, 0.29) is 23.0 Å². The first-order chi connectivity index (χ1) is 13.5. The first-order valence-electron chi connectivity index (χ1n) is 10.7. The molecule has 6 rings (SSSR count). The summed E-state index contributed by atoms with van der Waals surface area (Å²) in [5, 5.41) is 8.91. The predicted molar refractivity (Wildman–Crippen MR) is 102 cm³/mol. The number of hydrogen-bond donors (Lipinski definition) is 2. The third-order valence-corrected chi connectivity index (χ3v) is 7.54. The molecule has 152 valence electrons. The molecule has 6 heteroatoms. The normalized spacial score (nSPS) is 36.4. The highest BCUT2D eigenvalue weighted by molar-refractivity contribution is 5.93. The molecule has 3 heterocycles. The van der Waals surface area contributed by atoms with Crippen LogP contribution in [0, 0.1) is 17.7 Å². The zero-order valence-corrected chi connectivity index (χ0v) is 16.4. The number of nitrogens with one attached hydrogen (secondary N) is 1. The number of ether oxygens (including phenoxy) is 1. The minimum Gasteiger partial charge on any atom is -0.370 e. The molecule has 1 aromatic carbocycles. The smallest absolute Gasteiger partial charge is 0.274 e. The minimum absolute atomic E-state index is 0.0434. The molecule has 5 nitrogen and oxygen atoms in total. The number of hydrogen-bond acceptors (Lipinski definition) is 4. The third-order valence-electron chi connectivity index (χ3n) is 7.54. The lowest BCUT2D eigenvalue weighted by atomic mass is 9.62. The van der Waals surface area contributed by atoms with Gasteiger partial charge in [0.1, 0.15) is 5.82 Å². The Kier molecular flexibility index (Phi) is 4.49. The molecule has 3 atom stereocenters. The third kappa shape index (κ3) is 3.06. The second-order valence-electron chi connectivity index (χ2n) is 9.48. The van der Waals surface area contributed by atoms with Gasteiger partial charge in [0, 0.05) is 24.7 Å². The second kappa shape index (κ2) is 6.78. The maximum atomic E-state index is 14.7. The van der Waals surface area contributed by atoms with Crippen LogP contribution in [0.25, 0.3) is 0 Å². The van der Waals surface area contributed by atoms with Gasteiger partial charge in [-0.05, 0) is 80.0 Å². The molecule has 3 aliphatic heterocycles. The average molecular weight is 388 g/mol. The van der Waals surface area contributed by atoms with Gasteiger partial charge in [-0.15, -0.1) is 0 Å². The number of carbonyl (C=O) groups excluding carboxylic acids is 1. The van der Waals surface area contributed by atoms with Crippen LogP contribution in [0.15, 0.2) is 12.1 Å². The van der Waals surface area contributed by atoms with Crippen LogP contribution in [0.3, 0.4) is 0 Å². The number of benzene rings is 1. The second-order valence-corrected chi connectivity index (χ2v) is 9.48. The summed E-state index contributed by atoms with van der Waals surface area (Å²) < 4.78 is 21.3. The molecular weight excluding hydrogens is 359 g/mol. The molecule has 4 fully saturated rings. The quantitative estimate of drug-likeness (QED) is 0.613. The SMILES string of the molecule is CC[C@H]1Cc2c(F)cc(C(=O)NO)cc2CN1CC12CC3CC(CC(C3)O1)C2. The van der Waals surface area contributed by atoms with Crippen molar-refractivity contribution >= 4 is 5.91 Å². The highest BCUT2D eigenvalue weighted by Gasteiger charge is 2.53. The molecule has 28 heavy (non-hydrogen) atoms. The summed E-state index contributed by atoms with van der Waals surface area (Å²) in [5.41, 5.74) is 3.30. The van der Waals surface area contributed by atoms with Crippen molar-refractivity contribution in [3.8, 4) is 0 Å². The molecule has 2 saturated carbocycles. The number of nitrogens with zero attached hydrogens (tertiary/aromatic N) is 1. The summed E-state index contributed by atoms with van der Waals surface area (Å²) in [6.07, 6.45) is 8.18. The standard InChI is InChI=1S/C22H29FN2O3/c1-2-17-8-19-16(6-15(7-20(19)23)21(26)24-27)11-25(17)12-22-9-13-3-14(10-22)5-18(4-13)28-22/h6-7,13-14,17-18,27H,2-5,8-12H2,1H3,(H,24,26)/t13?,14?,17-,18?,22?/m0/s1. The minimum atomic E-state index is -0.671. The fourth-order valence-corrected chi connectivity index (χ4v) is 6.61. The van der Waals surface area contributed by atoms with Gasteiger partial charge in [-0.2, -0.15) is 0 Å². The van der Waals surface area contributed by atoms with Crippen molar-refractivity contribution in [1.82, 2.24) is 10.4 Å². The van der Waals surface area contributed by atoms with Crippen LogP contribution in [0.2, 0.25) is 0 Å². The zero-order valence-electron chi connectivity index (χ0n) is 16.4. The summed E-state index contributed by atoms with van der Waals surface area (Å²) in [7, 11) is 0. The predicted octanol–water partition coefficient (Wildman–Crippen LogP) is 3.43. The highest BCUT2D eigenvalue weighted by Crippen LogP contribution is 2.53. The Morgan fingerprint density at radius 1 is 1.32 bits per heavy atom. The van der Waals surface area contributed by atoms with Crippen LogP contribution < -0.4 is 5.48 Å². The Balaban J connectivity index is 1.42. The van der Waals surface area contributed by atoms with Crippen LogP contribution in [0.1, 0.15) is 66.9 Å². The van der Waals surface area contributed by atoms with E-state index in [9.17, 15) is 9.18 Å². The van der Waals surface area contributed by atoms with Crippen molar-refractivity contribution in [2.75, 3.05) is 6.54 Å². The Hall–Kier alpha value is -1.50. The number of rotatable bonds is 4. The van der Waals surface area contributed by atoms with Crippen molar-refractivity contribution in [1.29, 1.82) is 0 Å². The molecule has 1 amide bonds. The lowest BCUT2D eigenvalue weighted by molar-refractivity contribution is -0.229. The molecule has 0 radical (unpaired) electrons. The molecular formula is C22H29FN2O3. The van der Waals surface area contributed by atoms with E-state index in [0.717, 1.165) is 43.2 Å². The summed E-state index contributed by atoms with van der Waals surface area (Å²) in [6, 6.07) is 3.24. The van der Waals surface area contributed by atoms with Gasteiger partial charge >= 0.3 is 0 Å². The van der Waals surface area contributed by atoms with Gasteiger partial charge in [0.15, 0.2) is 0 Å².